The molecule has 1 aromatic carbocycles. The summed E-state index contributed by atoms with van der Waals surface area (Å²) in [5, 5.41) is 6.01. The summed E-state index contributed by atoms with van der Waals surface area (Å²) < 4.78 is 0. The summed E-state index contributed by atoms with van der Waals surface area (Å²) in [7, 11) is 0. The van der Waals surface area contributed by atoms with E-state index in [4.69, 9.17) is 0 Å². The molecule has 102 valence electrons. The van der Waals surface area contributed by atoms with Gasteiger partial charge in [-0.3, -0.25) is 4.98 Å². The maximum absolute atomic E-state index is 4.21. The molecule has 1 heterocycles. The standard InChI is InChI=1S/C17H24N2/c1-2-3-4-5-6-7-12-19-17-10-8-9-15-11-13-18-14-16(15)17/h8-11,13-14,19H,2-7,12H2,1H3. The first-order chi connectivity index (χ1) is 9.42. The van der Waals surface area contributed by atoms with Gasteiger partial charge in [0.05, 0.1) is 0 Å². The fourth-order valence-corrected chi connectivity index (χ4v) is 2.40. The minimum Gasteiger partial charge on any atom is -0.384 e. The molecule has 0 amide bonds. The first kappa shape index (κ1) is 13.9. The SMILES string of the molecule is CCCCCCCCNc1cccc2ccncc12. The van der Waals surface area contributed by atoms with E-state index in [2.05, 4.69) is 41.5 Å². The number of hydrogen-bond acceptors (Lipinski definition) is 2. The summed E-state index contributed by atoms with van der Waals surface area (Å²) in [6, 6.07) is 8.44. The fraction of sp³-hybridized carbons (Fsp3) is 0.471. The van der Waals surface area contributed by atoms with Crippen LogP contribution in [0.4, 0.5) is 5.69 Å². The number of benzene rings is 1. The number of nitrogens with zero attached hydrogens (tertiary/aromatic N) is 1. The summed E-state index contributed by atoms with van der Waals surface area (Å²) in [5.41, 5.74) is 1.21. The molecule has 1 N–H and O–H groups in total. The van der Waals surface area contributed by atoms with Gasteiger partial charge in [0.1, 0.15) is 0 Å². The third-order valence-electron chi connectivity index (χ3n) is 3.53. The minimum atomic E-state index is 1.06. The molecule has 0 spiro atoms. The van der Waals surface area contributed by atoms with Gasteiger partial charge in [0.15, 0.2) is 0 Å². The molecule has 0 bridgehead atoms. The quantitative estimate of drug-likeness (QED) is 0.672. The largest absolute Gasteiger partial charge is 0.384 e. The summed E-state index contributed by atoms with van der Waals surface area (Å²) in [6.45, 7) is 3.32. The Hall–Kier alpha value is -1.57. The van der Waals surface area contributed by atoms with Crippen molar-refractivity contribution >= 4 is 16.5 Å². The van der Waals surface area contributed by atoms with Crippen molar-refractivity contribution in [2.45, 2.75) is 45.4 Å². The Morgan fingerprint density at radius 1 is 1.00 bits per heavy atom. The molecule has 2 nitrogen and oxygen atoms in total. The average molecular weight is 256 g/mol. The summed E-state index contributed by atoms with van der Waals surface area (Å²) in [5.74, 6) is 0. The Kier molecular flexibility index (Phi) is 5.67. The van der Waals surface area contributed by atoms with Crippen molar-refractivity contribution in [1.82, 2.24) is 4.98 Å². The van der Waals surface area contributed by atoms with Crippen LogP contribution in [-0.4, -0.2) is 11.5 Å². The van der Waals surface area contributed by atoms with Crippen molar-refractivity contribution < 1.29 is 0 Å². The van der Waals surface area contributed by atoms with Gasteiger partial charge in [-0.25, -0.2) is 0 Å². The lowest BCUT2D eigenvalue weighted by atomic mass is 10.1. The van der Waals surface area contributed by atoms with Gasteiger partial charge in [0, 0.05) is 30.0 Å². The van der Waals surface area contributed by atoms with Crippen LogP contribution in [0.5, 0.6) is 0 Å². The van der Waals surface area contributed by atoms with Gasteiger partial charge in [-0.2, -0.15) is 0 Å². The number of hydrogen-bond donors (Lipinski definition) is 1. The number of rotatable bonds is 8. The number of pyridine rings is 1. The van der Waals surface area contributed by atoms with E-state index in [1.165, 1.54) is 55.0 Å². The molecule has 0 atom stereocenters. The second-order valence-electron chi connectivity index (χ2n) is 5.10. The number of aromatic nitrogens is 1. The molecule has 0 unspecified atom stereocenters. The highest BCUT2D eigenvalue weighted by atomic mass is 14.9. The molecule has 0 saturated carbocycles. The van der Waals surface area contributed by atoms with Crippen LogP contribution in [0.15, 0.2) is 36.7 Å². The number of fused-ring (bicyclic) bond motifs is 1. The molecule has 0 radical (unpaired) electrons. The van der Waals surface area contributed by atoms with Crippen LogP contribution in [0.2, 0.25) is 0 Å². The average Bonchev–Trinajstić information content (AvgIpc) is 2.46. The summed E-state index contributed by atoms with van der Waals surface area (Å²) in [4.78, 5) is 4.21. The van der Waals surface area contributed by atoms with Crippen LogP contribution in [0.1, 0.15) is 45.4 Å². The topological polar surface area (TPSA) is 24.9 Å². The van der Waals surface area contributed by atoms with Crippen molar-refractivity contribution in [3.63, 3.8) is 0 Å². The zero-order valence-electron chi connectivity index (χ0n) is 11.9. The first-order valence-corrected chi connectivity index (χ1v) is 7.48. The highest BCUT2D eigenvalue weighted by Crippen LogP contribution is 2.21. The van der Waals surface area contributed by atoms with E-state index in [1.54, 1.807) is 0 Å². The Morgan fingerprint density at radius 3 is 2.74 bits per heavy atom. The third kappa shape index (κ3) is 4.23. The highest BCUT2D eigenvalue weighted by Gasteiger charge is 1.99. The van der Waals surface area contributed by atoms with E-state index in [0.717, 1.165) is 6.54 Å². The van der Waals surface area contributed by atoms with Crippen LogP contribution < -0.4 is 5.32 Å². The first-order valence-electron chi connectivity index (χ1n) is 7.48. The zero-order valence-corrected chi connectivity index (χ0v) is 11.9. The van der Waals surface area contributed by atoms with Gasteiger partial charge in [-0.1, -0.05) is 51.2 Å². The molecule has 1 aromatic heterocycles. The van der Waals surface area contributed by atoms with Crippen molar-refractivity contribution in [3.05, 3.63) is 36.7 Å². The van der Waals surface area contributed by atoms with Gasteiger partial charge in [-0.15, -0.1) is 0 Å². The van der Waals surface area contributed by atoms with Gasteiger partial charge in [0.2, 0.25) is 0 Å². The van der Waals surface area contributed by atoms with Crippen LogP contribution >= 0.6 is 0 Å². The van der Waals surface area contributed by atoms with E-state index >= 15 is 0 Å². The van der Waals surface area contributed by atoms with Crippen LogP contribution in [-0.2, 0) is 0 Å². The van der Waals surface area contributed by atoms with Gasteiger partial charge >= 0.3 is 0 Å². The predicted octanol–water partition coefficient (Wildman–Crippen LogP) is 5.01. The molecular formula is C17H24N2. The van der Waals surface area contributed by atoms with E-state index in [9.17, 15) is 0 Å². The van der Waals surface area contributed by atoms with E-state index in [-0.39, 0.29) is 0 Å². The van der Waals surface area contributed by atoms with Crippen molar-refractivity contribution in [1.29, 1.82) is 0 Å². The molecule has 0 saturated heterocycles. The van der Waals surface area contributed by atoms with Crippen LogP contribution in [0, 0.1) is 0 Å². The Morgan fingerprint density at radius 2 is 1.84 bits per heavy atom. The minimum absolute atomic E-state index is 1.06. The predicted molar refractivity (Wildman–Crippen MR) is 83.6 cm³/mol. The molecule has 0 aliphatic carbocycles. The van der Waals surface area contributed by atoms with E-state index in [1.807, 2.05) is 12.4 Å². The fourth-order valence-electron chi connectivity index (χ4n) is 2.40. The maximum Gasteiger partial charge on any atom is 0.0435 e. The van der Waals surface area contributed by atoms with Crippen molar-refractivity contribution in [2.24, 2.45) is 0 Å². The molecule has 0 fully saturated rings. The monoisotopic (exact) mass is 256 g/mol. The van der Waals surface area contributed by atoms with Gasteiger partial charge < -0.3 is 5.32 Å². The zero-order chi connectivity index (χ0) is 13.3. The summed E-state index contributed by atoms with van der Waals surface area (Å²) >= 11 is 0. The number of anilines is 1. The lowest BCUT2D eigenvalue weighted by Crippen LogP contribution is -2.01. The molecule has 0 aliphatic rings. The normalized spacial score (nSPS) is 10.8. The molecule has 0 aliphatic heterocycles. The number of unbranched alkanes of at least 4 members (excludes halogenated alkanes) is 5. The Balaban J connectivity index is 1.78. The molecule has 2 rings (SSSR count). The lowest BCUT2D eigenvalue weighted by molar-refractivity contribution is 0.617. The van der Waals surface area contributed by atoms with Crippen LogP contribution in [0.25, 0.3) is 10.8 Å². The third-order valence-corrected chi connectivity index (χ3v) is 3.53. The van der Waals surface area contributed by atoms with E-state index in [0.29, 0.717) is 0 Å². The number of nitrogens with one attached hydrogen (secondary N) is 1. The molecule has 19 heavy (non-hydrogen) atoms. The van der Waals surface area contributed by atoms with Gasteiger partial charge in [0.25, 0.3) is 0 Å². The maximum atomic E-state index is 4.21. The molecular weight excluding hydrogens is 232 g/mol. The smallest absolute Gasteiger partial charge is 0.0435 e. The second-order valence-corrected chi connectivity index (χ2v) is 5.10. The summed E-state index contributed by atoms with van der Waals surface area (Å²) in [6.07, 6.45) is 11.8. The molecule has 2 heteroatoms. The Bertz CT molecular complexity index is 488. The molecule has 2 aromatic rings. The highest BCUT2D eigenvalue weighted by molar-refractivity contribution is 5.92. The van der Waals surface area contributed by atoms with Crippen LogP contribution in [0.3, 0.4) is 0 Å². The second kappa shape index (κ2) is 7.78. The van der Waals surface area contributed by atoms with E-state index < -0.39 is 0 Å². The van der Waals surface area contributed by atoms with Crippen molar-refractivity contribution in [3.8, 4) is 0 Å². The Labute approximate surface area is 116 Å². The van der Waals surface area contributed by atoms with Gasteiger partial charge in [-0.05, 0) is 23.9 Å². The van der Waals surface area contributed by atoms with Crippen molar-refractivity contribution in [2.75, 3.05) is 11.9 Å². The lowest BCUT2D eigenvalue weighted by Gasteiger charge is -2.09.